The molecule has 5 nitrogen and oxygen atoms in total. The van der Waals surface area contributed by atoms with Crippen LogP contribution < -0.4 is 10.6 Å². The van der Waals surface area contributed by atoms with E-state index in [0.717, 1.165) is 44.5 Å². The van der Waals surface area contributed by atoms with Crippen LogP contribution in [0.1, 0.15) is 25.0 Å². The second-order valence-corrected chi connectivity index (χ2v) is 5.86. The number of hydrogen-bond acceptors (Lipinski definition) is 3. The first kappa shape index (κ1) is 12.7. The lowest BCUT2D eigenvalue weighted by molar-refractivity contribution is -0.123. The SMILES string of the molecule is Cn1nccc1CCNC(=O)C1CC12CCNCC2. The highest BCUT2D eigenvalue weighted by Crippen LogP contribution is 2.58. The zero-order valence-electron chi connectivity index (χ0n) is 11.5. The van der Waals surface area contributed by atoms with Gasteiger partial charge in [-0.1, -0.05) is 0 Å². The van der Waals surface area contributed by atoms with Gasteiger partial charge in [-0.2, -0.15) is 5.10 Å². The number of nitrogens with zero attached hydrogens (tertiary/aromatic N) is 2. The molecule has 1 aliphatic carbocycles. The minimum absolute atomic E-state index is 0.254. The largest absolute Gasteiger partial charge is 0.355 e. The van der Waals surface area contributed by atoms with Gasteiger partial charge in [0.05, 0.1) is 0 Å². The molecule has 2 heterocycles. The van der Waals surface area contributed by atoms with Crippen molar-refractivity contribution in [1.82, 2.24) is 20.4 Å². The van der Waals surface area contributed by atoms with Gasteiger partial charge in [-0.15, -0.1) is 0 Å². The van der Waals surface area contributed by atoms with Gasteiger partial charge in [-0.25, -0.2) is 0 Å². The molecule has 5 heteroatoms. The molecule has 0 radical (unpaired) electrons. The van der Waals surface area contributed by atoms with Gasteiger partial charge < -0.3 is 10.6 Å². The van der Waals surface area contributed by atoms with E-state index in [4.69, 9.17) is 0 Å². The van der Waals surface area contributed by atoms with Gasteiger partial charge in [-0.3, -0.25) is 9.48 Å². The molecule has 1 spiro atoms. The van der Waals surface area contributed by atoms with Crippen molar-refractivity contribution in [2.75, 3.05) is 19.6 Å². The molecular weight excluding hydrogens is 240 g/mol. The van der Waals surface area contributed by atoms with Gasteiger partial charge in [0.25, 0.3) is 0 Å². The molecule has 1 aromatic rings. The fourth-order valence-corrected chi connectivity index (χ4v) is 3.28. The Morgan fingerprint density at radius 2 is 2.37 bits per heavy atom. The molecule has 1 aliphatic heterocycles. The lowest BCUT2D eigenvalue weighted by Gasteiger charge is -2.23. The molecular formula is C14H22N4O. The standard InChI is InChI=1S/C14H22N4O/c1-18-11(3-7-17-18)2-6-16-13(19)12-10-14(12)4-8-15-9-5-14/h3,7,12,15H,2,4-6,8-10H2,1H3,(H,16,19). The van der Waals surface area contributed by atoms with Crippen LogP contribution in [0.2, 0.25) is 0 Å². The van der Waals surface area contributed by atoms with Crippen molar-refractivity contribution in [1.29, 1.82) is 0 Å². The highest BCUT2D eigenvalue weighted by atomic mass is 16.2. The normalized spacial score (nSPS) is 24.4. The Morgan fingerprint density at radius 1 is 1.58 bits per heavy atom. The van der Waals surface area contributed by atoms with Gasteiger partial charge in [-0.05, 0) is 43.8 Å². The first-order valence-corrected chi connectivity index (χ1v) is 7.17. The first-order valence-electron chi connectivity index (χ1n) is 7.17. The maximum Gasteiger partial charge on any atom is 0.223 e. The van der Waals surface area contributed by atoms with Gasteiger partial charge >= 0.3 is 0 Å². The molecule has 19 heavy (non-hydrogen) atoms. The van der Waals surface area contributed by atoms with E-state index in [1.807, 2.05) is 17.8 Å². The molecule has 1 saturated carbocycles. The van der Waals surface area contributed by atoms with Crippen molar-refractivity contribution in [2.24, 2.45) is 18.4 Å². The molecule has 1 unspecified atom stereocenters. The topological polar surface area (TPSA) is 59.0 Å². The summed E-state index contributed by atoms with van der Waals surface area (Å²) in [6.07, 6.45) is 6.05. The van der Waals surface area contributed by atoms with E-state index in [9.17, 15) is 4.79 Å². The molecule has 0 aromatic carbocycles. The average molecular weight is 262 g/mol. The van der Waals surface area contributed by atoms with E-state index in [2.05, 4.69) is 15.7 Å². The summed E-state index contributed by atoms with van der Waals surface area (Å²) in [5, 5.41) is 10.6. The van der Waals surface area contributed by atoms with Crippen LogP contribution in [0.3, 0.4) is 0 Å². The zero-order valence-corrected chi connectivity index (χ0v) is 11.5. The van der Waals surface area contributed by atoms with E-state index in [-0.39, 0.29) is 11.8 Å². The molecule has 2 fully saturated rings. The van der Waals surface area contributed by atoms with Gasteiger partial charge in [0, 0.05) is 37.8 Å². The Labute approximate surface area is 113 Å². The number of aromatic nitrogens is 2. The highest BCUT2D eigenvalue weighted by Gasteiger charge is 2.57. The van der Waals surface area contributed by atoms with Crippen LogP contribution in [0.4, 0.5) is 0 Å². The lowest BCUT2D eigenvalue weighted by Crippen LogP contribution is -2.34. The van der Waals surface area contributed by atoms with Crippen molar-refractivity contribution < 1.29 is 4.79 Å². The average Bonchev–Trinajstić information content (AvgIpc) is 2.94. The monoisotopic (exact) mass is 262 g/mol. The van der Waals surface area contributed by atoms with Crippen molar-refractivity contribution in [3.63, 3.8) is 0 Å². The minimum Gasteiger partial charge on any atom is -0.355 e. The summed E-state index contributed by atoms with van der Waals surface area (Å²) in [6, 6.07) is 2.00. The molecule has 2 aliphatic rings. The Kier molecular flexibility index (Phi) is 3.31. The van der Waals surface area contributed by atoms with E-state index < -0.39 is 0 Å². The Bertz CT molecular complexity index is 462. The van der Waals surface area contributed by atoms with Crippen molar-refractivity contribution in [3.05, 3.63) is 18.0 Å². The van der Waals surface area contributed by atoms with Crippen LogP contribution in [0.5, 0.6) is 0 Å². The number of piperidine rings is 1. The van der Waals surface area contributed by atoms with E-state index in [1.165, 1.54) is 0 Å². The number of aryl methyl sites for hydroxylation is 1. The van der Waals surface area contributed by atoms with Crippen LogP contribution in [-0.2, 0) is 18.3 Å². The van der Waals surface area contributed by atoms with E-state index in [1.54, 1.807) is 6.20 Å². The number of amides is 1. The number of carbonyl (C=O) groups is 1. The second kappa shape index (κ2) is 4.96. The van der Waals surface area contributed by atoms with E-state index in [0.29, 0.717) is 12.0 Å². The molecule has 1 atom stereocenters. The summed E-state index contributed by atoms with van der Waals surface area (Å²) in [5.74, 6) is 0.519. The highest BCUT2D eigenvalue weighted by molar-refractivity contribution is 5.82. The van der Waals surface area contributed by atoms with Crippen LogP contribution in [-0.4, -0.2) is 35.3 Å². The molecule has 1 aromatic heterocycles. The van der Waals surface area contributed by atoms with Crippen LogP contribution in [0.15, 0.2) is 12.3 Å². The zero-order chi connectivity index (χ0) is 13.3. The van der Waals surface area contributed by atoms with Crippen LogP contribution in [0.25, 0.3) is 0 Å². The fourth-order valence-electron chi connectivity index (χ4n) is 3.28. The third-order valence-electron chi connectivity index (χ3n) is 4.71. The lowest BCUT2D eigenvalue weighted by atomic mass is 9.92. The smallest absolute Gasteiger partial charge is 0.223 e. The number of carbonyl (C=O) groups excluding carboxylic acids is 1. The van der Waals surface area contributed by atoms with Gasteiger partial charge in [0.2, 0.25) is 5.91 Å². The summed E-state index contributed by atoms with van der Waals surface area (Å²) in [5.41, 5.74) is 1.50. The van der Waals surface area contributed by atoms with Gasteiger partial charge in [0.1, 0.15) is 0 Å². The van der Waals surface area contributed by atoms with Crippen LogP contribution >= 0.6 is 0 Å². The van der Waals surface area contributed by atoms with Crippen molar-refractivity contribution in [2.45, 2.75) is 25.7 Å². The predicted molar refractivity (Wildman–Crippen MR) is 72.6 cm³/mol. The van der Waals surface area contributed by atoms with Crippen molar-refractivity contribution in [3.8, 4) is 0 Å². The summed E-state index contributed by atoms with van der Waals surface area (Å²) >= 11 is 0. The van der Waals surface area contributed by atoms with Crippen molar-refractivity contribution >= 4 is 5.91 Å². The van der Waals surface area contributed by atoms with E-state index >= 15 is 0 Å². The molecule has 0 bridgehead atoms. The summed E-state index contributed by atoms with van der Waals surface area (Å²) in [6.45, 7) is 2.85. The fraction of sp³-hybridized carbons (Fsp3) is 0.714. The molecule has 1 amide bonds. The Morgan fingerprint density at radius 3 is 3.05 bits per heavy atom. The number of hydrogen-bond donors (Lipinski definition) is 2. The maximum atomic E-state index is 12.1. The predicted octanol–water partition coefficient (Wildman–Crippen LogP) is 0.469. The third-order valence-corrected chi connectivity index (χ3v) is 4.71. The summed E-state index contributed by atoms with van der Waals surface area (Å²) in [4.78, 5) is 12.1. The maximum absolute atomic E-state index is 12.1. The number of nitrogens with one attached hydrogen (secondary N) is 2. The minimum atomic E-state index is 0.254. The molecule has 3 rings (SSSR count). The second-order valence-electron chi connectivity index (χ2n) is 5.86. The Hall–Kier alpha value is -1.36. The van der Waals surface area contributed by atoms with Crippen LogP contribution in [0, 0.1) is 11.3 Å². The first-order chi connectivity index (χ1) is 9.21. The van der Waals surface area contributed by atoms with Gasteiger partial charge in [0.15, 0.2) is 0 Å². The summed E-state index contributed by atoms with van der Waals surface area (Å²) in [7, 11) is 1.93. The third kappa shape index (κ3) is 2.52. The quantitative estimate of drug-likeness (QED) is 0.829. The summed E-state index contributed by atoms with van der Waals surface area (Å²) < 4.78 is 1.86. The number of rotatable bonds is 4. The molecule has 1 saturated heterocycles. The Balaban J connectivity index is 1.44. The molecule has 104 valence electrons. The molecule has 2 N–H and O–H groups in total.